The summed E-state index contributed by atoms with van der Waals surface area (Å²) in [5.41, 5.74) is 4.50. The van der Waals surface area contributed by atoms with Crippen molar-refractivity contribution in [2.75, 3.05) is 0 Å². The van der Waals surface area contributed by atoms with E-state index in [1.54, 1.807) is 0 Å². The van der Waals surface area contributed by atoms with Crippen molar-refractivity contribution in [2.45, 2.75) is 12.8 Å². The van der Waals surface area contributed by atoms with Crippen molar-refractivity contribution in [1.82, 2.24) is 5.06 Å². The molecule has 1 fully saturated rings. The Bertz CT molecular complexity index is 223. The summed E-state index contributed by atoms with van der Waals surface area (Å²) in [7, 11) is 0. The second kappa shape index (κ2) is 4.80. The number of carboxylic acid groups (broad SMARTS) is 1. The van der Waals surface area contributed by atoms with Crippen molar-refractivity contribution in [3.8, 4) is 0 Å². The maximum atomic E-state index is 10.6. The van der Waals surface area contributed by atoms with E-state index in [1.807, 2.05) is 0 Å². The second-order valence-corrected chi connectivity index (χ2v) is 1.94. The number of nitrogens with one attached hydrogen (secondary N) is 1. The summed E-state index contributed by atoms with van der Waals surface area (Å²) in [5.74, 6) is -1.23. The second-order valence-electron chi connectivity index (χ2n) is 1.94. The van der Waals surface area contributed by atoms with Crippen LogP contribution in [0, 0.1) is 10.5 Å². The van der Waals surface area contributed by atoms with Crippen LogP contribution in [0.3, 0.4) is 0 Å². The van der Waals surface area contributed by atoms with Crippen LogP contribution in [0.2, 0.25) is 0 Å². The summed E-state index contributed by atoms with van der Waals surface area (Å²) in [6.07, 6.45) is -1.62. The summed E-state index contributed by atoms with van der Waals surface area (Å²) >= 11 is 0. The van der Waals surface area contributed by atoms with Gasteiger partial charge in [-0.2, -0.15) is 4.91 Å². The van der Waals surface area contributed by atoms with Gasteiger partial charge in [0.05, 0.1) is 0 Å². The van der Waals surface area contributed by atoms with Gasteiger partial charge in [0.1, 0.15) is 0 Å². The molecule has 72 valence electrons. The Balaban J connectivity index is 0.000000671. The first-order chi connectivity index (χ1) is 6.11. The van der Waals surface area contributed by atoms with Gasteiger partial charge < -0.3 is 5.11 Å². The van der Waals surface area contributed by atoms with Crippen LogP contribution in [0.4, 0.5) is 4.79 Å². The number of carbonyl (C=O) groups excluding carboxylic acids is 2. The minimum absolute atomic E-state index is 0.0200. The number of hydroxylamine groups is 2. The Labute approximate surface area is 71.8 Å². The lowest BCUT2D eigenvalue weighted by molar-refractivity contribution is -0.175. The third kappa shape index (κ3) is 2.85. The lowest BCUT2D eigenvalue weighted by Crippen LogP contribution is -2.31. The Morgan fingerprint density at radius 1 is 1.31 bits per heavy atom. The fourth-order valence-electron chi connectivity index (χ4n) is 0.736. The average Bonchev–Trinajstić information content (AvgIpc) is 2.39. The van der Waals surface area contributed by atoms with E-state index in [0.29, 0.717) is 0 Å². The maximum absolute atomic E-state index is 10.6. The van der Waals surface area contributed by atoms with Crippen molar-refractivity contribution >= 4 is 18.0 Å². The Hall–Kier alpha value is -1.99. The number of nitrogens with zero attached hydrogens (tertiary/aromatic N) is 1. The number of nitroso groups, excluding NO2 is 1. The van der Waals surface area contributed by atoms with Crippen molar-refractivity contribution in [1.29, 1.82) is 5.59 Å². The van der Waals surface area contributed by atoms with Gasteiger partial charge in [-0.1, -0.05) is 10.7 Å². The number of hydrogen-bond donors (Lipinski definition) is 2. The lowest BCUT2D eigenvalue weighted by Gasteiger charge is -2.08. The van der Waals surface area contributed by atoms with Crippen molar-refractivity contribution in [2.24, 2.45) is 0 Å². The molecule has 13 heavy (non-hydrogen) atoms. The first kappa shape index (κ1) is 11.0. The molecule has 8 nitrogen and oxygen atoms in total. The normalized spacial score (nSPS) is 14.9. The zero-order chi connectivity index (χ0) is 10.4. The molecule has 0 saturated carbocycles. The molecule has 0 radical (unpaired) electrons. The first-order valence-corrected chi connectivity index (χ1v) is 3.08. The molecule has 8 heteroatoms. The monoisotopic (exact) mass is 190 g/mol. The summed E-state index contributed by atoms with van der Waals surface area (Å²) in [6.45, 7) is 0. The highest BCUT2D eigenvalue weighted by Crippen LogP contribution is 2.11. The van der Waals surface area contributed by atoms with Crippen LogP contribution in [0.1, 0.15) is 12.8 Å². The van der Waals surface area contributed by atoms with Gasteiger partial charge in [-0.25, -0.2) is 4.79 Å². The molecule has 1 heterocycles. The predicted octanol–water partition coefficient (Wildman–Crippen LogP) is 0.0766. The molecular formula is C5H6N2O6. The molecule has 1 rings (SSSR count). The molecular weight excluding hydrogens is 184 g/mol. The smallest absolute Gasteiger partial charge is 0.448 e. The van der Waals surface area contributed by atoms with Crippen molar-refractivity contribution < 1.29 is 24.3 Å². The topological polar surface area (TPSA) is 125 Å². The minimum atomic E-state index is -1.66. The van der Waals surface area contributed by atoms with Crippen LogP contribution in [-0.4, -0.2) is 28.1 Å². The summed E-state index contributed by atoms with van der Waals surface area (Å²) in [5, 5.41) is 8.31. The predicted molar refractivity (Wildman–Crippen MR) is 36.3 cm³/mol. The molecule has 0 bridgehead atoms. The molecule has 0 aliphatic carbocycles. The number of imide groups is 1. The van der Waals surface area contributed by atoms with Gasteiger partial charge in [-0.05, 0) is 0 Å². The molecule has 0 atom stereocenters. The fourth-order valence-corrected chi connectivity index (χ4v) is 0.736. The van der Waals surface area contributed by atoms with Gasteiger partial charge in [-0.15, -0.1) is 0 Å². The van der Waals surface area contributed by atoms with E-state index in [0.717, 1.165) is 0 Å². The fraction of sp³-hybridized carbons (Fsp3) is 0.400. The highest BCUT2D eigenvalue weighted by molar-refractivity contribution is 6.01. The van der Waals surface area contributed by atoms with Crippen LogP contribution in [0.5, 0.6) is 0 Å². The SMILES string of the molecule is N=O.O=C(O)ON1C(=O)CCC1=O. The molecule has 1 aliphatic rings. The van der Waals surface area contributed by atoms with E-state index < -0.39 is 18.0 Å². The number of hydrogen-bond acceptors (Lipinski definition) is 6. The molecule has 2 amide bonds. The standard InChI is InChI=1S/C5H5NO5.HNO/c7-3-1-2-4(8)6(3)11-5(9)10;1-2/h1-2H2,(H,9,10);1H. The Morgan fingerprint density at radius 2 is 1.69 bits per heavy atom. The van der Waals surface area contributed by atoms with Gasteiger partial charge in [0.15, 0.2) is 0 Å². The number of amides is 2. The van der Waals surface area contributed by atoms with E-state index in [9.17, 15) is 14.4 Å². The van der Waals surface area contributed by atoms with E-state index in [2.05, 4.69) is 10.4 Å². The highest BCUT2D eigenvalue weighted by Gasteiger charge is 2.32. The Kier molecular flexibility index (Phi) is 4.07. The van der Waals surface area contributed by atoms with E-state index in [4.69, 9.17) is 10.0 Å². The van der Waals surface area contributed by atoms with Crippen molar-refractivity contribution in [3.63, 3.8) is 0 Å². The van der Waals surface area contributed by atoms with Crippen molar-refractivity contribution in [3.05, 3.63) is 4.91 Å². The average molecular weight is 190 g/mol. The van der Waals surface area contributed by atoms with E-state index in [1.165, 1.54) is 0 Å². The zero-order valence-corrected chi connectivity index (χ0v) is 6.35. The largest absolute Gasteiger partial charge is 0.531 e. The lowest BCUT2D eigenvalue weighted by atomic mass is 10.4. The van der Waals surface area contributed by atoms with Gasteiger partial charge >= 0.3 is 6.16 Å². The molecule has 1 saturated heterocycles. The Morgan fingerprint density at radius 3 is 2.00 bits per heavy atom. The van der Waals surface area contributed by atoms with Gasteiger partial charge in [-0.3, -0.25) is 14.4 Å². The first-order valence-electron chi connectivity index (χ1n) is 3.08. The molecule has 1 aliphatic heterocycles. The quantitative estimate of drug-likeness (QED) is 0.445. The molecule has 0 aromatic rings. The van der Waals surface area contributed by atoms with Crippen LogP contribution in [-0.2, 0) is 14.4 Å². The molecule has 0 aromatic carbocycles. The van der Waals surface area contributed by atoms with Gasteiger partial charge in [0.25, 0.3) is 11.8 Å². The van der Waals surface area contributed by atoms with Gasteiger partial charge in [0.2, 0.25) is 0 Å². The van der Waals surface area contributed by atoms with Crippen LogP contribution in [0.25, 0.3) is 0 Å². The van der Waals surface area contributed by atoms with E-state index in [-0.39, 0.29) is 17.9 Å². The third-order valence-electron chi connectivity index (χ3n) is 1.18. The van der Waals surface area contributed by atoms with Crippen LogP contribution < -0.4 is 0 Å². The summed E-state index contributed by atoms with van der Waals surface area (Å²) in [4.78, 5) is 42.5. The summed E-state index contributed by atoms with van der Waals surface area (Å²) in [6, 6.07) is 0. The molecule has 0 spiro atoms. The van der Waals surface area contributed by atoms with E-state index >= 15 is 0 Å². The van der Waals surface area contributed by atoms with Crippen LogP contribution in [0.15, 0.2) is 0 Å². The maximum Gasteiger partial charge on any atom is 0.531 e. The minimum Gasteiger partial charge on any atom is -0.448 e. The third-order valence-corrected chi connectivity index (χ3v) is 1.18. The zero-order valence-electron chi connectivity index (χ0n) is 6.35. The molecule has 0 aromatic heterocycles. The number of carbonyl (C=O) groups is 3. The summed E-state index contributed by atoms with van der Waals surface area (Å²) < 4.78 is 0. The molecule has 0 unspecified atom stereocenters. The highest BCUT2D eigenvalue weighted by atomic mass is 16.8. The number of rotatable bonds is 1. The van der Waals surface area contributed by atoms with Gasteiger partial charge in [0, 0.05) is 12.8 Å². The molecule has 2 N–H and O–H groups in total. The van der Waals surface area contributed by atoms with Crippen LogP contribution >= 0.6 is 0 Å².